The van der Waals surface area contributed by atoms with Crippen LogP contribution in [0.1, 0.15) is 66.2 Å². The van der Waals surface area contributed by atoms with E-state index in [0.717, 1.165) is 18.3 Å². The minimum atomic E-state index is 0.136. The van der Waals surface area contributed by atoms with Crippen molar-refractivity contribution in [3.05, 3.63) is 0 Å². The molecule has 0 spiro atoms. The third-order valence-electron chi connectivity index (χ3n) is 4.13. The fourth-order valence-corrected chi connectivity index (χ4v) is 3.00. The van der Waals surface area contributed by atoms with Crippen molar-refractivity contribution >= 4 is 0 Å². The Morgan fingerprint density at radius 2 is 2.00 bits per heavy atom. The Hall–Kier alpha value is -0.480. The van der Waals surface area contributed by atoms with Gasteiger partial charge in [-0.3, -0.25) is 0 Å². The van der Waals surface area contributed by atoms with Gasteiger partial charge in [-0.1, -0.05) is 32.1 Å². The zero-order chi connectivity index (χ0) is 13.6. The van der Waals surface area contributed by atoms with Crippen molar-refractivity contribution < 1.29 is 0 Å². The van der Waals surface area contributed by atoms with Crippen LogP contribution >= 0.6 is 0 Å². The lowest BCUT2D eigenvalue weighted by Gasteiger charge is -2.33. The van der Waals surface area contributed by atoms with Gasteiger partial charge in [-0.15, -0.1) is 5.92 Å². The Bertz CT molecular complexity index is 289. The van der Waals surface area contributed by atoms with E-state index in [4.69, 9.17) is 0 Å². The predicted molar refractivity (Wildman–Crippen MR) is 80.4 cm³/mol. The van der Waals surface area contributed by atoms with Gasteiger partial charge in [0, 0.05) is 17.9 Å². The smallest absolute Gasteiger partial charge is 0.0246 e. The van der Waals surface area contributed by atoms with Gasteiger partial charge in [0.25, 0.3) is 0 Å². The molecule has 0 amide bonds. The zero-order valence-corrected chi connectivity index (χ0v) is 13.0. The van der Waals surface area contributed by atoms with Crippen LogP contribution in [0.3, 0.4) is 0 Å². The van der Waals surface area contributed by atoms with Gasteiger partial charge in [0.15, 0.2) is 0 Å². The molecule has 1 N–H and O–H groups in total. The van der Waals surface area contributed by atoms with E-state index in [2.05, 4.69) is 51.9 Å². The summed E-state index contributed by atoms with van der Waals surface area (Å²) in [7, 11) is 2.10. The lowest BCUT2D eigenvalue weighted by atomic mass is 9.76. The van der Waals surface area contributed by atoms with Gasteiger partial charge in [0.05, 0.1) is 0 Å². The third-order valence-corrected chi connectivity index (χ3v) is 4.13. The molecule has 1 nitrogen and oxygen atoms in total. The summed E-state index contributed by atoms with van der Waals surface area (Å²) < 4.78 is 0. The maximum Gasteiger partial charge on any atom is 0.0246 e. The SMILES string of the molecule is CCC1CCCC(C(CC#CC(C)(C)C)NC)C1. The highest BCUT2D eigenvalue weighted by atomic mass is 14.9. The first-order valence-corrected chi connectivity index (χ1v) is 7.63. The highest BCUT2D eigenvalue weighted by Crippen LogP contribution is 2.33. The second kappa shape index (κ2) is 7.19. The first-order valence-electron chi connectivity index (χ1n) is 7.63. The van der Waals surface area contributed by atoms with Crippen LogP contribution in [0.15, 0.2) is 0 Å². The summed E-state index contributed by atoms with van der Waals surface area (Å²) in [5.41, 5.74) is 0.136. The lowest BCUT2D eigenvalue weighted by molar-refractivity contribution is 0.215. The van der Waals surface area contributed by atoms with Gasteiger partial charge in [-0.25, -0.2) is 0 Å². The monoisotopic (exact) mass is 249 g/mol. The van der Waals surface area contributed by atoms with Gasteiger partial charge in [0.2, 0.25) is 0 Å². The number of hydrogen-bond donors (Lipinski definition) is 1. The summed E-state index contributed by atoms with van der Waals surface area (Å²) in [6, 6.07) is 0.592. The molecule has 0 aromatic rings. The van der Waals surface area contributed by atoms with Crippen LogP contribution < -0.4 is 5.32 Å². The predicted octanol–water partition coefficient (Wildman–Crippen LogP) is 4.23. The van der Waals surface area contributed by atoms with Crippen molar-refractivity contribution in [1.82, 2.24) is 5.32 Å². The molecule has 104 valence electrons. The lowest BCUT2D eigenvalue weighted by Crippen LogP contribution is -2.36. The van der Waals surface area contributed by atoms with Crippen LogP contribution in [-0.2, 0) is 0 Å². The molecule has 0 aromatic heterocycles. The van der Waals surface area contributed by atoms with Gasteiger partial charge in [0.1, 0.15) is 0 Å². The average Bonchev–Trinajstić information content (AvgIpc) is 2.33. The molecule has 0 bridgehead atoms. The van der Waals surface area contributed by atoms with Crippen molar-refractivity contribution in [3.8, 4) is 11.8 Å². The standard InChI is InChI=1S/C17H31N/c1-6-14-9-7-10-15(13-14)16(18-5)11-8-12-17(2,3)4/h14-16,18H,6-7,9-11,13H2,1-5H3. The van der Waals surface area contributed by atoms with Gasteiger partial charge >= 0.3 is 0 Å². The molecule has 1 aliphatic carbocycles. The van der Waals surface area contributed by atoms with E-state index in [9.17, 15) is 0 Å². The fourth-order valence-electron chi connectivity index (χ4n) is 3.00. The highest BCUT2D eigenvalue weighted by molar-refractivity contribution is 5.09. The minimum absolute atomic E-state index is 0.136. The molecule has 1 heteroatoms. The van der Waals surface area contributed by atoms with Crippen LogP contribution in [0.4, 0.5) is 0 Å². The highest BCUT2D eigenvalue weighted by Gasteiger charge is 2.26. The van der Waals surface area contributed by atoms with Crippen LogP contribution in [0, 0.1) is 29.1 Å². The van der Waals surface area contributed by atoms with E-state index in [0.29, 0.717) is 6.04 Å². The molecular formula is C17H31N. The second-order valence-electron chi connectivity index (χ2n) is 6.85. The summed E-state index contributed by atoms with van der Waals surface area (Å²) in [6.07, 6.45) is 8.00. The molecule has 3 unspecified atom stereocenters. The van der Waals surface area contributed by atoms with Gasteiger partial charge in [-0.05, 0) is 52.5 Å². The van der Waals surface area contributed by atoms with Crippen molar-refractivity contribution in [2.24, 2.45) is 17.3 Å². The quantitative estimate of drug-likeness (QED) is 0.735. The Kier molecular flexibility index (Phi) is 6.22. The van der Waals surface area contributed by atoms with Crippen molar-refractivity contribution in [3.63, 3.8) is 0 Å². The van der Waals surface area contributed by atoms with Crippen LogP contribution in [0.2, 0.25) is 0 Å². The molecule has 1 aliphatic rings. The Morgan fingerprint density at radius 1 is 1.28 bits per heavy atom. The molecule has 0 heterocycles. The van der Waals surface area contributed by atoms with Crippen molar-refractivity contribution in [2.75, 3.05) is 7.05 Å². The van der Waals surface area contributed by atoms with Crippen LogP contribution in [0.5, 0.6) is 0 Å². The largest absolute Gasteiger partial charge is 0.316 e. The molecule has 1 saturated carbocycles. The maximum atomic E-state index is 3.50. The first-order chi connectivity index (χ1) is 8.46. The van der Waals surface area contributed by atoms with Crippen molar-refractivity contribution in [2.45, 2.75) is 72.3 Å². The van der Waals surface area contributed by atoms with Crippen LogP contribution in [-0.4, -0.2) is 13.1 Å². The van der Waals surface area contributed by atoms with E-state index in [-0.39, 0.29) is 5.41 Å². The van der Waals surface area contributed by atoms with Gasteiger partial charge in [-0.2, -0.15) is 0 Å². The number of rotatable bonds is 4. The summed E-state index contributed by atoms with van der Waals surface area (Å²) >= 11 is 0. The van der Waals surface area contributed by atoms with Gasteiger partial charge < -0.3 is 5.32 Å². The van der Waals surface area contributed by atoms with Crippen LogP contribution in [0.25, 0.3) is 0 Å². The second-order valence-corrected chi connectivity index (χ2v) is 6.85. The van der Waals surface area contributed by atoms with Crippen molar-refractivity contribution in [1.29, 1.82) is 0 Å². The fraction of sp³-hybridized carbons (Fsp3) is 0.882. The zero-order valence-electron chi connectivity index (χ0n) is 13.0. The minimum Gasteiger partial charge on any atom is -0.316 e. The first kappa shape index (κ1) is 15.6. The normalized spacial score (nSPS) is 26.3. The summed E-state index contributed by atoms with van der Waals surface area (Å²) in [4.78, 5) is 0. The number of hydrogen-bond acceptors (Lipinski definition) is 1. The molecule has 3 atom stereocenters. The Labute approximate surface area is 114 Å². The molecule has 0 radical (unpaired) electrons. The molecule has 1 rings (SSSR count). The summed E-state index contributed by atoms with van der Waals surface area (Å²) in [6.45, 7) is 8.88. The van der Waals surface area contributed by atoms with E-state index in [1.54, 1.807) is 0 Å². The molecule has 0 aromatic carbocycles. The molecule has 0 saturated heterocycles. The average molecular weight is 249 g/mol. The summed E-state index contributed by atoms with van der Waals surface area (Å²) in [5, 5.41) is 3.50. The van der Waals surface area contributed by atoms with E-state index < -0.39 is 0 Å². The third kappa shape index (κ3) is 5.44. The van der Waals surface area contributed by atoms with E-state index >= 15 is 0 Å². The van der Waals surface area contributed by atoms with E-state index in [1.165, 1.54) is 32.1 Å². The Morgan fingerprint density at radius 3 is 2.56 bits per heavy atom. The molecule has 18 heavy (non-hydrogen) atoms. The topological polar surface area (TPSA) is 12.0 Å². The van der Waals surface area contributed by atoms with E-state index in [1.807, 2.05) is 0 Å². The molecule has 0 aliphatic heterocycles. The Balaban J connectivity index is 2.51. The molecular weight excluding hydrogens is 218 g/mol. The maximum absolute atomic E-state index is 3.50. The summed E-state index contributed by atoms with van der Waals surface area (Å²) in [5.74, 6) is 8.54. The molecule has 1 fully saturated rings. The number of nitrogens with one attached hydrogen (secondary N) is 1.